The second-order valence-corrected chi connectivity index (χ2v) is 7.60. The van der Waals surface area contributed by atoms with Gasteiger partial charge in [-0.1, -0.05) is 31.0 Å². The zero-order valence-electron chi connectivity index (χ0n) is 10.3. The van der Waals surface area contributed by atoms with E-state index < -0.39 is 9.84 Å². The minimum atomic E-state index is -3.15. The van der Waals surface area contributed by atoms with E-state index in [-0.39, 0.29) is 23.7 Å². The van der Waals surface area contributed by atoms with Crippen LogP contribution in [0, 0.1) is 5.41 Å². The van der Waals surface area contributed by atoms with Crippen LogP contribution in [0.2, 0.25) is 0 Å². The van der Waals surface area contributed by atoms with Crippen LogP contribution in [-0.2, 0) is 9.84 Å². The summed E-state index contributed by atoms with van der Waals surface area (Å²) in [5, 5.41) is 9.78. The van der Waals surface area contributed by atoms with Gasteiger partial charge in [-0.2, -0.15) is 0 Å². The number of rotatable bonds is 2. The SMILES string of the molecule is O=S1(=O)CC(C2(CO)CCCC2)c2ccccc21. The van der Waals surface area contributed by atoms with Gasteiger partial charge in [0.25, 0.3) is 0 Å². The number of sulfone groups is 1. The summed E-state index contributed by atoms with van der Waals surface area (Å²) < 4.78 is 24.4. The van der Waals surface area contributed by atoms with Crippen LogP contribution in [0.25, 0.3) is 0 Å². The molecule has 0 amide bonds. The molecule has 1 fully saturated rings. The summed E-state index contributed by atoms with van der Waals surface area (Å²) >= 11 is 0. The molecule has 1 unspecified atom stereocenters. The van der Waals surface area contributed by atoms with Crippen LogP contribution in [0.4, 0.5) is 0 Å². The average Bonchev–Trinajstić information content (AvgIpc) is 2.94. The Labute approximate surface area is 108 Å². The first-order valence-corrected chi connectivity index (χ1v) is 8.17. The van der Waals surface area contributed by atoms with Crippen molar-refractivity contribution in [2.45, 2.75) is 36.5 Å². The molecule has 1 aliphatic carbocycles. The predicted molar refractivity (Wildman–Crippen MR) is 69.2 cm³/mol. The van der Waals surface area contributed by atoms with Gasteiger partial charge in [-0.3, -0.25) is 0 Å². The van der Waals surface area contributed by atoms with Crippen LogP contribution in [-0.4, -0.2) is 25.9 Å². The summed E-state index contributed by atoms with van der Waals surface area (Å²) in [5.74, 6) is 0.151. The molecule has 3 nitrogen and oxygen atoms in total. The van der Waals surface area contributed by atoms with Crippen molar-refractivity contribution in [2.24, 2.45) is 5.41 Å². The Morgan fingerprint density at radius 3 is 2.56 bits per heavy atom. The van der Waals surface area contributed by atoms with E-state index in [1.165, 1.54) is 0 Å². The van der Waals surface area contributed by atoms with E-state index in [9.17, 15) is 13.5 Å². The maximum Gasteiger partial charge on any atom is 0.179 e. The van der Waals surface area contributed by atoms with Gasteiger partial charge in [0.1, 0.15) is 0 Å². The van der Waals surface area contributed by atoms with Crippen molar-refractivity contribution in [3.8, 4) is 0 Å². The summed E-state index contributed by atoms with van der Waals surface area (Å²) in [6, 6.07) is 7.29. The molecule has 3 rings (SSSR count). The third kappa shape index (κ3) is 1.62. The molecular formula is C14H18O3S. The Hall–Kier alpha value is -0.870. The van der Waals surface area contributed by atoms with Crippen LogP contribution in [0.1, 0.15) is 37.2 Å². The monoisotopic (exact) mass is 266 g/mol. The van der Waals surface area contributed by atoms with E-state index in [1.54, 1.807) is 12.1 Å². The van der Waals surface area contributed by atoms with E-state index in [4.69, 9.17) is 0 Å². The van der Waals surface area contributed by atoms with Crippen LogP contribution in [0.15, 0.2) is 29.2 Å². The second-order valence-electron chi connectivity index (χ2n) is 5.60. The second kappa shape index (κ2) is 4.07. The highest BCUT2D eigenvalue weighted by Crippen LogP contribution is 2.53. The minimum Gasteiger partial charge on any atom is -0.396 e. The van der Waals surface area contributed by atoms with Crippen molar-refractivity contribution >= 4 is 9.84 Å². The molecule has 1 aromatic rings. The maximum absolute atomic E-state index is 12.2. The van der Waals surface area contributed by atoms with Gasteiger partial charge in [0.15, 0.2) is 9.84 Å². The third-order valence-electron chi connectivity index (χ3n) is 4.67. The summed E-state index contributed by atoms with van der Waals surface area (Å²) in [6.07, 6.45) is 4.08. The maximum atomic E-state index is 12.2. The number of hydrogen-bond acceptors (Lipinski definition) is 3. The van der Waals surface area contributed by atoms with E-state index in [2.05, 4.69) is 0 Å². The predicted octanol–water partition coefficient (Wildman–Crippen LogP) is 2.11. The molecule has 0 spiro atoms. The summed E-state index contributed by atoms with van der Waals surface area (Å²) in [5.41, 5.74) is 0.716. The van der Waals surface area contributed by atoms with Crippen molar-refractivity contribution < 1.29 is 13.5 Å². The Bertz CT molecular complexity index is 556. The fourth-order valence-corrected chi connectivity index (χ4v) is 5.66. The molecule has 1 N–H and O–H groups in total. The Kier molecular flexibility index (Phi) is 2.75. The minimum absolute atomic E-state index is 0.0220. The molecule has 98 valence electrons. The Balaban J connectivity index is 2.11. The molecule has 0 aromatic heterocycles. The molecule has 1 atom stereocenters. The number of fused-ring (bicyclic) bond motifs is 1. The van der Waals surface area contributed by atoms with Gasteiger partial charge in [-0.15, -0.1) is 0 Å². The van der Waals surface area contributed by atoms with E-state index in [0.717, 1.165) is 31.2 Å². The smallest absolute Gasteiger partial charge is 0.179 e. The number of hydrogen-bond donors (Lipinski definition) is 1. The molecular weight excluding hydrogens is 248 g/mol. The number of benzene rings is 1. The lowest BCUT2D eigenvalue weighted by Crippen LogP contribution is -2.31. The fraction of sp³-hybridized carbons (Fsp3) is 0.571. The number of aliphatic hydroxyl groups excluding tert-OH is 1. The van der Waals surface area contributed by atoms with Crippen molar-refractivity contribution in [1.82, 2.24) is 0 Å². The lowest BCUT2D eigenvalue weighted by Gasteiger charge is -2.33. The normalized spacial score (nSPS) is 28.2. The lowest BCUT2D eigenvalue weighted by atomic mass is 9.72. The molecule has 1 saturated carbocycles. The third-order valence-corrected chi connectivity index (χ3v) is 6.48. The topological polar surface area (TPSA) is 54.4 Å². The van der Waals surface area contributed by atoms with E-state index >= 15 is 0 Å². The highest BCUT2D eigenvalue weighted by molar-refractivity contribution is 7.91. The Morgan fingerprint density at radius 1 is 1.22 bits per heavy atom. The van der Waals surface area contributed by atoms with Crippen molar-refractivity contribution in [3.05, 3.63) is 29.8 Å². The highest BCUT2D eigenvalue weighted by Gasteiger charge is 2.48. The van der Waals surface area contributed by atoms with Gasteiger partial charge in [-0.25, -0.2) is 8.42 Å². The molecule has 0 saturated heterocycles. The molecule has 1 aliphatic heterocycles. The lowest BCUT2D eigenvalue weighted by molar-refractivity contribution is 0.108. The molecule has 18 heavy (non-hydrogen) atoms. The van der Waals surface area contributed by atoms with Crippen LogP contribution >= 0.6 is 0 Å². The zero-order valence-corrected chi connectivity index (χ0v) is 11.1. The molecule has 0 radical (unpaired) electrons. The molecule has 1 heterocycles. The molecule has 2 aliphatic rings. The first-order valence-electron chi connectivity index (χ1n) is 6.52. The van der Waals surface area contributed by atoms with Crippen LogP contribution in [0.5, 0.6) is 0 Å². The fourth-order valence-electron chi connectivity index (χ4n) is 3.65. The van der Waals surface area contributed by atoms with Crippen molar-refractivity contribution in [1.29, 1.82) is 0 Å². The quantitative estimate of drug-likeness (QED) is 0.892. The molecule has 0 bridgehead atoms. The van der Waals surface area contributed by atoms with E-state index in [1.807, 2.05) is 12.1 Å². The van der Waals surface area contributed by atoms with Crippen LogP contribution in [0.3, 0.4) is 0 Å². The van der Waals surface area contributed by atoms with E-state index in [0.29, 0.717) is 4.90 Å². The van der Waals surface area contributed by atoms with Crippen molar-refractivity contribution in [2.75, 3.05) is 12.4 Å². The van der Waals surface area contributed by atoms with Crippen LogP contribution < -0.4 is 0 Å². The van der Waals surface area contributed by atoms with Crippen molar-refractivity contribution in [3.63, 3.8) is 0 Å². The van der Waals surface area contributed by atoms with Gasteiger partial charge >= 0.3 is 0 Å². The first kappa shape index (κ1) is 12.2. The molecule has 4 heteroatoms. The van der Waals surface area contributed by atoms with Gasteiger partial charge in [0.2, 0.25) is 0 Å². The zero-order chi connectivity index (χ0) is 12.8. The first-order chi connectivity index (χ1) is 8.59. The van der Waals surface area contributed by atoms with Gasteiger partial charge in [-0.05, 0) is 24.5 Å². The largest absolute Gasteiger partial charge is 0.396 e. The van der Waals surface area contributed by atoms with Gasteiger partial charge in [0, 0.05) is 17.9 Å². The number of aliphatic hydroxyl groups is 1. The summed E-state index contributed by atoms with van der Waals surface area (Å²) in [6.45, 7) is 0.0987. The highest BCUT2D eigenvalue weighted by atomic mass is 32.2. The van der Waals surface area contributed by atoms with Gasteiger partial charge in [0.05, 0.1) is 10.6 Å². The van der Waals surface area contributed by atoms with Gasteiger partial charge < -0.3 is 5.11 Å². The summed E-state index contributed by atoms with van der Waals surface area (Å²) in [7, 11) is -3.15. The summed E-state index contributed by atoms with van der Waals surface area (Å²) in [4.78, 5) is 0.481. The molecule has 1 aromatic carbocycles. The Morgan fingerprint density at radius 2 is 1.89 bits per heavy atom. The average molecular weight is 266 g/mol. The standard InChI is InChI=1S/C14H18O3S/c15-10-14(7-3-4-8-14)12-9-18(16,17)13-6-2-1-5-11(12)13/h1-2,5-6,12,15H,3-4,7-10H2.